The number of fused-ring (bicyclic) bond motifs is 1. The van der Waals surface area contributed by atoms with Crippen molar-refractivity contribution in [3.05, 3.63) is 22.0 Å². The minimum Gasteiger partial charge on any atom is -0.397 e. The molecule has 0 spiro atoms. The summed E-state index contributed by atoms with van der Waals surface area (Å²) in [7, 11) is 0. The smallest absolute Gasteiger partial charge is 0.0558 e. The van der Waals surface area contributed by atoms with Crippen LogP contribution in [0.2, 0.25) is 0 Å². The van der Waals surface area contributed by atoms with Crippen LogP contribution in [0.15, 0.2) is 26.9 Å². The first-order chi connectivity index (χ1) is 5.70. The van der Waals surface area contributed by atoms with E-state index >= 15 is 0 Å². The Labute approximate surface area is 88.1 Å². The van der Waals surface area contributed by atoms with Crippen molar-refractivity contribution in [3.63, 3.8) is 0 Å². The Kier molecular flexibility index (Phi) is 2.06. The predicted molar refractivity (Wildman–Crippen MR) is 61.2 cm³/mol. The molecule has 0 unspecified atom stereocenters. The van der Waals surface area contributed by atoms with Crippen LogP contribution in [-0.4, -0.2) is 0 Å². The molecular formula is C8H6BrNS2. The minimum absolute atomic E-state index is 0.777. The first-order valence-corrected chi connectivity index (χ1v) is 5.46. The van der Waals surface area contributed by atoms with Gasteiger partial charge in [-0.25, -0.2) is 0 Å². The summed E-state index contributed by atoms with van der Waals surface area (Å²) in [4.78, 5) is 0.891. The highest BCUT2D eigenvalue weighted by molar-refractivity contribution is 9.10. The molecule has 0 amide bonds. The Morgan fingerprint density at radius 1 is 1.50 bits per heavy atom. The lowest BCUT2D eigenvalue weighted by atomic mass is 10.2. The van der Waals surface area contributed by atoms with E-state index in [1.54, 1.807) is 11.3 Å². The standard InChI is InChI=1S/C8H6BrNS2/c9-7-5(11)3-6-4(8(7)10)1-2-12-6/h1-3,11H,10H2. The summed E-state index contributed by atoms with van der Waals surface area (Å²) in [5, 5.41) is 3.13. The second-order valence-electron chi connectivity index (χ2n) is 2.46. The number of halogens is 1. The van der Waals surface area contributed by atoms with Crippen molar-refractivity contribution in [1.29, 1.82) is 0 Å². The van der Waals surface area contributed by atoms with Crippen molar-refractivity contribution >= 4 is 55.7 Å². The number of nitrogen functional groups attached to an aromatic ring is 1. The molecular weight excluding hydrogens is 254 g/mol. The van der Waals surface area contributed by atoms with Crippen LogP contribution in [0.4, 0.5) is 5.69 Å². The second kappa shape index (κ2) is 2.94. The third-order valence-corrected chi connectivity index (χ3v) is 4.09. The fraction of sp³-hybridized carbons (Fsp3) is 0. The lowest BCUT2D eigenvalue weighted by Gasteiger charge is -2.02. The maximum Gasteiger partial charge on any atom is 0.0558 e. The van der Waals surface area contributed by atoms with E-state index in [4.69, 9.17) is 5.73 Å². The van der Waals surface area contributed by atoms with E-state index in [9.17, 15) is 0 Å². The molecule has 0 bridgehead atoms. The Morgan fingerprint density at radius 2 is 2.25 bits per heavy atom. The van der Waals surface area contributed by atoms with Crippen molar-refractivity contribution in [3.8, 4) is 0 Å². The number of rotatable bonds is 0. The van der Waals surface area contributed by atoms with Crippen molar-refractivity contribution in [1.82, 2.24) is 0 Å². The molecule has 0 saturated heterocycles. The molecule has 0 aliphatic rings. The minimum atomic E-state index is 0.777. The molecule has 0 radical (unpaired) electrons. The molecule has 12 heavy (non-hydrogen) atoms. The maximum absolute atomic E-state index is 5.87. The predicted octanol–water partition coefficient (Wildman–Crippen LogP) is 3.53. The summed E-state index contributed by atoms with van der Waals surface area (Å²) < 4.78 is 2.07. The van der Waals surface area contributed by atoms with Crippen LogP contribution < -0.4 is 5.73 Å². The molecule has 1 nitrogen and oxygen atoms in total. The second-order valence-corrected chi connectivity index (χ2v) is 4.68. The van der Waals surface area contributed by atoms with Crippen molar-refractivity contribution < 1.29 is 0 Å². The van der Waals surface area contributed by atoms with Crippen LogP contribution in [-0.2, 0) is 0 Å². The number of thiol groups is 1. The van der Waals surface area contributed by atoms with Gasteiger partial charge in [0.15, 0.2) is 0 Å². The zero-order valence-corrected chi connectivity index (χ0v) is 9.34. The van der Waals surface area contributed by atoms with Gasteiger partial charge in [0.1, 0.15) is 0 Å². The van der Waals surface area contributed by atoms with Gasteiger partial charge in [-0.1, -0.05) is 0 Å². The summed E-state index contributed by atoms with van der Waals surface area (Å²) in [5.41, 5.74) is 6.65. The molecule has 4 heteroatoms. The fourth-order valence-corrected chi connectivity index (χ4v) is 2.61. The summed E-state index contributed by atoms with van der Waals surface area (Å²) >= 11 is 9.36. The molecule has 2 rings (SSSR count). The fourth-order valence-electron chi connectivity index (χ4n) is 1.10. The lowest BCUT2D eigenvalue weighted by Crippen LogP contribution is -1.87. The van der Waals surface area contributed by atoms with E-state index in [2.05, 4.69) is 28.6 Å². The number of thiophene rings is 1. The van der Waals surface area contributed by atoms with Gasteiger partial charge in [0.2, 0.25) is 0 Å². The van der Waals surface area contributed by atoms with E-state index in [0.29, 0.717) is 0 Å². The highest BCUT2D eigenvalue weighted by Crippen LogP contribution is 2.36. The van der Waals surface area contributed by atoms with E-state index in [0.717, 1.165) is 20.4 Å². The van der Waals surface area contributed by atoms with E-state index in [1.165, 1.54) is 4.70 Å². The van der Waals surface area contributed by atoms with Gasteiger partial charge in [-0.05, 0) is 33.4 Å². The van der Waals surface area contributed by atoms with Crippen molar-refractivity contribution in [2.24, 2.45) is 0 Å². The monoisotopic (exact) mass is 259 g/mol. The SMILES string of the molecule is Nc1c(Br)c(S)cc2sccc12. The topological polar surface area (TPSA) is 26.0 Å². The number of benzene rings is 1. The van der Waals surface area contributed by atoms with Crippen LogP contribution in [0.25, 0.3) is 10.1 Å². The molecule has 0 aliphatic carbocycles. The van der Waals surface area contributed by atoms with E-state index in [-0.39, 0.29) is 0 Å². The van der Waals surface area contributed by atoms with Crippen molar-refractivity contribution in [2.45, 2.75) is 4.90 Å². The third-order valence-electron chi connectivity index (χ3n) is 1.71. The van der Waals surface area contributed by atoms with Crippen LogP contribution in [0, 0.1) is 0 Å². The van der Waals surface area contributed by atoms with Crippen molar-refractivity contribution in [2.75, 3.05) is 5.73 Å². The van der Waals surface area contributed by atoms with Gasteiger partial charge in [-0.2, -0.15) is 0 Å². The molecule has 0 fully saturated rings. The van der Waals surface area contributed by atoms with Gasteiger partial charge < -0.3 is 5.73 Å². The number of hydrogen-bond acceptors (Lipinski definition) is 3. The molecule has 2 N–H and O–H groups in total. The average molecular weight is 260 g/mol. The van der Waals surface area contributed by atoms with Gasteiger partial charge in [-0.15, -0.1) is 24.0 Å². The number of hydrogen-bond donors (Lipinski definition) is 2. The molecule has 0 saturated carbocycles. The van der Waals surface area contributed by atoms with Crippen LogP contribution >= 0.6 is 39.9 Å². The molecule has 62 valence electrons. The first kappa shape index (κ1) is 8.41. The molecule has 1 aromatic heterocycles. The van der Waals surface area contributed by atoms with Crippen LogP contribution in [0.3, 0.4) is 0 Å². The lowest BCUT2D eigenvalue weighted by molar-refractivity contribution is 1.48. The number of nitrogens with two attached hydrogens (primary N) is 1. The van der Waals surface area contributed by atoms with Gasteiger partial charge in [0, 0.05) is 15.0 Å². The largest absolute Gasteiger partial charge is 0.397 e. The highest BCUT2D eigenvalue weighted by Gasteiger charge is 2.06. The van der Waals surface area contributed by atoms with Crippen LogP contribution in [0.5, 0.6) is 0 Å². The van der Waals surface area contributed by atoms with Gasteiger partial charge >= 0.3 is 0 Å². The van der Waals surface area contributed by atoms with E-state index in [1.807, 2.05) is 17.5 Å². The van der Waals surface area contributed by atoms with E-state index < -0.39 is 0 Å². The first-order valence-electron chi connectivity index (χ1n) is 3.34. The summed E-state index contributed by atoms with van der Waals surface area (Å²) in [6, 6.07) is 4.04. The van der Waals surface area contributed by atoms with Gasteiger partial charge in [0.05, 0.1) is 10.2 Å². The summed E-state index contributed by atoms with van der Waals surface area (Å²) in [6.07, 6.45) is 0. The zero-order chi connectivity index (χ0) is 8.72. The molecule has 2 aromatic rings. The summed E-state index contributed by atoms with van der Waals surface area (Å²) in [5.74, 6) is 0. The molecule has 1 aromatic carbocycles. The molecule has 0 aliphatic heterocycles. The zero-order valence-electron chi connectivity index (χ0n) is 6.04. The molecule has 0 atom stereocenters. The maximum atomic E-state index is 5.87. The Bertz CT molecular complexity index is 436. The molecule has 1 heterocycles. The van der Waals surface area contributed by atoms with Gasteiger partial charge in [0.25, 0.3) is 0 Å². The highest BCUT2D eigenvalue weighted by atomic mass is 79.9. The Morgan fingerprint density at radius 3 is 3.00 bits per heavy atom. The normalized spacial score (nSPS) is 10.8. The number of anilines is 1. The summed E-state index contributed by atoms with van der Waals surface area (Å²) in [6.45, 7) is 0. The van der Waals surface area contributed by atoms with Gasteiger partial charge in [-0.3, -0.25) is 0 Å². The third kappa shape index (κ3) is 1.14. The quantitative estimate of drug-likeness (QED) is 0.550. The average Bonchev–Trinajstić information content (AvgIpc) is 2.48. The Balaban J connectivity index is 2.94. The van der Waals surface area contributed by atoms with Crippen LogP contribution in [0.1, 0.15) is 0 Å². The Hall–Kier alpha value is -0.190.